The number of amidine groups is 1. The van der Waals surface area contributed by atoms with Crippen LogP contribution >= 0.6 is 0 Å². The third-order valence-corrected chi connectivity index (χ3v) is 8.11. The number of likely N-dealkylation sites (tertiary alicyclic amines) is 1. The Morgan fingerprint density at radius 3 is 2.13 bits per heavy atom. The van der Waals surface area contributed by atoms with E-state index in [1.165, 1.54) is 29.8 Å². The van der Waals surface area contributed by atoms with E-state index in [0.29, 0.717) is 29.4 Å². The van der Waals surface area contributed by atoms with Crippen molar-refractivity contribution >= 4 is 11.7 Å². The molecule has 3 aromatic rings. The molecule has 6 rings (SSSR count). The van der Waals surface area contributed by atoms with Crippen molar-refractivity contribution in [2.75, 3.05) is 33.0 Å². The molecule has 3 aromatic carbocycles. The first-order chi connectivity index (χ1) is 18.9. The van der Waals surface area contributed by atoms with Crippen molar-refractivity contribution in [3.8, 4) is 11.5 Å². The summed E-state index contributed by atoms with van der Waals surface area (Å²) in [6.45, 7) is 5.51. The van der Waals surface area contributed by atoms with Crippen molar-refractivity contribution in [1.29, 1.82) is 0 Å². The number of hydrogen-bond acceptors (Lipinski definition) is 5. The van der Waals surface area contributed by atoms with Gasteiger partial charge >= 0.3 is 0 Å². The van der Waals surface area contributed by atoms with E-state index < -0.39 is 17.2 Å². The van der Waals surface area contributed by atoms with Crippen molar-refractivity contribution in [2.24, 2.45) is 4.99 Å². The maximum absolute atomic E-state index is 14.0. The van der Waals surface area contributed by atoms with Crippen LogP contribution in [-0.4, -0.2) is 54.5 Å². The first kappa shape index (κ1) is 25.5. The van der Waals surface area contributed by atoms with Crippen molar-refractivity contribution in [2.45, 2.75) is 37.6 Å². The molecule has 0 saturated carbocycles. The van der Waals surface area contributed by atoms with Gasteiger partial charge < -0.3 is 14.4 Å². The molecular weight excluding hydrogens is 500 g/mol. The highest BCUT2D eigenvalue weighted by Gasteiger charge is 2.49. The second-order valence-corrected chi connectivity index (χ2v) is 10.4. The molecule has 0 spiro atoms. The maximum Gasteiger partial charge on any atom is 0.265 e. The van der Waals surface area contributed by atoms with Gasteiger partial charge in [0.05, 0.1) is 0 Å². The molecule has 1 amide bonds. The summed E-state index contributed by atoms with van der Waals surface area (Å²) >= 11 is 0. The van der Waals surface area contributed by atoms with Crippen LogP contribution in [0.5, 0.6) is 11.5 Å². The van der Waals surface area contributed by atoms with Crippen LogP contribution in [0.4, 0.5) is 8.78 Å². The molecule has 0 radical (unpaired) electrons. The van der Waals surface area contributed by atoms with Crippen LogP contribution < -0.4 is 9.47 Å². The predicted octanol–water partition coefficient (Wildman–Crippen LogP) is 5.47. The number of aliphatic imine (C=N–C) groups is 1. The van der Waals surface area contributed by atoms with E-state index >= 15 is 0 Å². The first-order valence-corrected chi connectivity index (χ1v) is 13.5. The number of carbonyl (C=O) groups is 1. The Balaban J connectivity index is 1.10. The number of piperidine rings is 1. The lowest BCUT2D eigenvalue weighted by Gasteiger charge is -2.33. The molecule has 3 aliphatic rings. The minimum absolute atomic E-state index is 0.195. The van der Waals surface area contributed by atoms with Crippen LogP contribution in [0.1, 0.15) is 48.8 Å². The second kappa shape index (κ2) is 10.4. The van der Waals surface area contributed by atoms with Gasteiger partial charge in [0.25, 0.3) is 5.91 Å². The van der Waals surface area contributed by atoms with E-state index in [4.69, 9.17) is 14.5 Å². The molecule has 0 N–H and O–H groups in total. The molecule has 0 aliphatic carbocycles. The van der Waals surface area contributed by atoms with Gasteiger partial charge in [-0.15, -0.1) is 0 Å². The number of carbonyl (C=O) groups excluding carboxylic acids is 1. The van der Waals surface area contributed by atoms with E-state index in [1.54, 1.807) is 29.2 Å². The molecule has 39 heavy (non-hydrogen) atoms. The quantitative estimate of drug-likeness (QED) is 0.406. The van der Waals surface area contributed by atoms with Gasteiger partial charge in [0.1, 0.15) is 17.5 Å². The SMILES string of the molecule is CC1=NC(c2ccc(F)cc2)(c2ccc(F)cc2)C(=O)N1CCCN1CCC(c2ccc3c(c2)OCO3)CC1. The zero-order valence-electron chi connectivity index (χ0n) is 21.9. The van der Waals surface area contributed by atoms with E-state index in [-0.39, 0.29) is 12.7 Å². The van der Waals surface area contributed by atoms with Crippen molar-refractivity contribution < 1.29 is 23.0 Å². The predicted molar refractivity (Wildman–Crippen MR) is 144 cm³/mol. The molecule has 8 heteroatoms. The minimum Gasteiger partial charge on any atom is -0.454 e. The molecule has 1 saturated heterocycles. The number of amides is 1. The van der Waals surface area contributed by atoms with E-state index in [1.807, 2.05) is 13.0 Å². The van der Waals surface area contributed by atoms with E-state index in [2.05, 4.69) is 17.0 Å². The largest absolute Gasteiger partial charge is 0.454 e. The Labute approximate surface area is 226 Å². The number of rotatable bonds is 7. The monoisotopic (exact) mass is 531 g/mol. The highest BCUT2D eigenvalue weighted by Crippen LogP contribution is 2.41. The minimum atomic E-state index is -1.35. The van der Waals surface area contributed by atoms with Gasteiger partial charge in [-0.1, -0.05) is 30.3 Å². The van der Waals surface area contributed by atoms with Crippen molar-refractivity contribution in [3.63, 3.8) is 0 Å². The Bertz CT molecular complexity index is 1340. The number of halogens is 2. The number of benzene rings is 3. The summed E-state index contributed by atoms with van der Waals surface area (Å²) in [6.07, 6.45) is 2.94. The molecule has 0 aromatic heterocycles. The van der Waals surface area contributed by atoms with Crippen LogP contribution in [0.2, 0.25) is 0 Å². The number of ether oxygens (including phenoxy) is 2. The lowest BCUT2D eigenvalue weighted by Crippen LogP contribution is -2.43. The maximum atomic E-state index is 14.0. The molecule has 0 bridgehead atoms. The summed E-state index contributed by atoms with van der Waals surface area (Å²) in [5, 5.41) is 0. The highest BCUT2D eigenvalue weighted by atomic mass is 19.1. The molecule has 6 nitrogen and oxygen atoms in total. The van der Waals surface area contributed by atoms with E-state index in [0.717, 1.165) is 50.4 Å². The summed E-state index contributed by atoms with van der Waals surface area (Å²) in [4.78, 5) is 23.0. The fraction of sp³-hybridized carbons (Fsp3) is 0.355. The zero-order chi connectivity index (χ0) is 27.0. The number of nitrogens with zero attached hydrogens (tertiary/aromatic N) is 3. The lowest BCUT2D eigenvalue weighted by atomic mass is 9.82. The third kappa shape index (κ3) is 4.78. The number of hydrogen-bond donors (Lipinski definition) is 0. The molecular formula is C31H31F2N3O3. The van der Waals surface area contributed by atoms with Crippen LogP contribution in [0.25, 0.3) is 0 Å². The first-order valence-electron chi connectivity index (χ1n) is 13.5. The zero-order valence-corrected chi connectivity index (χ0v) is 21.9. The summed E-state index contributed by atoms with van der Waals surface area (Å²) < 4.78 is 38.4. The Hall–Kier alpha value is -3.78. The Morgan fingerprint density at radius 2 is 1.49 bits per heavy atom. The molecule has 3 heterocycles. The normalized spacial score (nSPS) is 19.0. The average Bonchev–Trinajstić information content (AvgIpc) is 3.52. The molecule has 202 valence electrons. The van der Waals surface area contributed by atoms with Crippen molar-refractivity contribution in [3.05, 3.63) is 95.1 Å². The fourth-order valence-corrected chi connectivity index (χ4v) is 5.99. The van der Waals surface area contributed by atoms with Crippen LogP contribution in [0.3, 0.4) is 0 Å². The average molecular weight is 532 g/mol. The Kier molecular flexibility index (Phi) is 6.81. The van der Waals surface area contributed by atoms with Gasteiger partial charge in [0.2, 0.25) is 6.79 Å². The Morgan fingerprint density at radius 1 is 0.872 bits per heavy atom. The molecule has 1 fully saturated rings. The van der Waals surface area contributed by atoms with Crippen LogP contribution in [-0.2, 0) is 10.3 Å². The van der Waals surface area contributed by atoms with Crippen LogP contribution in [0, 0.1) is 11.6 Å². The van der Waals surface area contributed by atoms with Gasteiger partial charge in [-0.05, 0) is 105 Å². The second-order valence-electron chi connectivity index (χ2n) is 10.4. The fourth-order valence-electron chi connectivity index (χ4n) is 5.99. The lowest BCUT2D eigenvalue weighted by molar-refractivity contribution is -0.130. The van der Waals surface area contributed by atoms with Crippen molar-refractivity contribution in [1.82, 2.24) is 9.80 Å². The van der Waals surface area contributed by atoms with Crippen LogP contribution in [0.15, 0.2) is 71.7 Å². The summed E-state index contributed by atoms with van der Waals surface area (Å²) in [5.74, 6) is 1.78. The third-order valence-electron chi connectivity index (χ3n) is 8.11. The smallest absolute Gasteiger partial charge is 0.265 e. The van der Waals surface area contributed by atoms with Gasteiger partial charge in [-0.3, -0.25) is 9.69 Å². The van der Waals surface area contributed by atoms with E-state index in [9.17, 15) is 13.6 Å². The molecule has 3 aliphatic heterocycles. The molecule has 0 atom stereocenters. The summed E-state index contributed by atoms with van der Waals surface area (Å²) in [5.41, 5.74) is 1.07. The standard InChI is InChI=1S/C31H31F2N3O3/c1-21-34-31(24-4-8-26(32)9-5-24,25-6-10-27(33)11-7-25)30(37)36(21)16-2-15-35-17-13-22(14-18-35)23-3-12-28-29(19-23)39-20-38-28/h3-12,19,22H,2,13-18,20H2,1H3. The number of fused-ring (bicyclic) bond motifs is 1. The van der Waals surface area contributed by atoms with Gasteiger partial charge in [0, 0.05) is 6.54 Å². The topological polar surface area (TPSA) is 54.4 Å². The highest BCUT2D eigenvalue weighted by molar-refractivity contribution is 6.09. The van der Waals surface area contributed by atoms with Gasteiger partial charge in [-0.25, -0.2) is 13.8 Å². The van der Waals surface area contributed by atoms with Gasteiger partial charge in [-0.2, -0.15) is 0 Å². The summed E-state index contributed by atoms with van der Waals surface area (Å²) in [7, 11) is 0. The van der Waals surface area contributed by atoms with Gasteiger partial charge in [0.15, 0.2) is 17.0 Å². The summed E-state index contributed by atoms with van der Waals surface area (Å²) in [6, 6.07) is 17.9. The molecule has 0 unspecified atom stereocenters.